The summed E-state index contributed by atoms with van der Waals surface area (Å²) in [5, 5.41) is 6.91. The normalized spacial score (nSPS) is 12.3. The van der Waals surface area contributed by atoms with Crippen molar-refractivity contribution >= 4 is 11.9 Å². The van der Waals surface area contributed by atoms with E-state index in [0.717, 1.165) is 11.1 Å². The van der Waals surface area contributed by atoms with E-state index < -0.39 is 17.3 Å². The Kier molecular flexibility index (Phi) is 7.23. The van der Waals surface area contributed by atoms with Gasteiger partial charge in [0.1, 0.15) is 25.1 Å². The zero-order valence-electron chi connectivity index (χ0n) is 22.0. The molecule has 0 spiro atoms. The lowest BCUT2D eigenvalue weighted by Crippen LogP contribution is -2.31. The zero-order valence-corrected chi connectivity index (χ0v) is 22.0. The van der Waals surface area contributed by atoms with Gasteiger partial charge in [-0.2, -0.15) is 5.10 Å². The summed E-state index contributed by atoms with van der Waals surface area (Å²) in [6, 6.07) is 23.4. The van der Waals surface area contributed by atoms with Gasteiger partial charge < -0.3 is 15.0 Å². The molecule has 0 saturated carbocycles. The number of rotatable bonds is 9. The molecule has 0 unspecified atom stereocenters. The van der Waals surface area contributed by atoms with Crippen molar-refractivity contribution in [2.45, 2.75) is 26.2 Å². The maximum Gasteiger partial charge on any atom is 0.298 e. The molecule has 10 nitrogen and oxygen atoms in total. The van der Waals surface area contributed by atoms with Gasteiger partial charge >= 0.3 is 0 Å². The third-order valence-electron chi connectivity index (χ3n) is 6.79. The largest absolute Gasteiger partial charge is 0.481 e. The van der Waals surface area contributed by atoms with E-state index >= 15 is 0 Å². The molecular formula is C30H26FN7O3. The number of ether oxygens (including phenoxy) is 1. The lowest BCUT2D eigenvalue weighted by Gasteiger charge is -2.19. The van der Waals surface area contributed by atoms with Crippen LogP contribution in [0.5, 0.6) is 5.75 Å². The Morgan fingerprint density at radius 3 is 2.46 bits per heavy atom. The molecule has 1 amide bonds. The lowest BCUT2D eigenvalue weighted by molar-refractivity contribution is 0.0940. The summed E-state index contributed by atoms with van der Waals surface area (Å²) >= 11 is 0. The number of hydrogen-bond acceptors (Lipinski definition) is 7. The highest BCUT2D eigenvalue weighted by molar-refractivity contribution is 5.95. The van der Waals surface area contributed by atoms with Crippen LogP contribution in [-0.2, 0) is 26.2 Å². The SMILES string of the molecule is O=C(NCc1ccc(F)cc1-n1cncn1)c1nc2n(c(=O)c1OCc1ccccc1)CCN2Cc1ccccc1. The van der Waals surface area contributed by atoms with E-state index in [1.54, 1.807) is 10.6 Å². The molecule has 0 aliphatic carbocycles. The van der Waals surface area contributed by atoms with Crippen molar-refractivity contribution in [2.24, 2.45) is 0 Å². The van der Waals surface area contributed by atoms with Gasteiger partial charge in [0.2, 0.25) is 11.7 Å². The number of benzene rings is 3. The number of fused-ring (bicyclic) bond motifs is 1. The topological polar surface area (TPSA) is 107 Å². The lowest BCUT2D eigenvalue weighted by atomic mass is 10.1. The monoisotopic (exact) mass is 551 g/mol. The highest BCUT2D eigenvalue weighted by Crippen LogP contribution is 2.24. The van der Waals surface area contributed by atoms with Crippen LogP contribution >= 0.6 is 0 Å². The minimum absolute atomic E-state index is 0.0280. The maximum atomic E-state index is 14.0. The van der Waals surface area contributed by atoms with E-state index in [1.807, 2.05) is 65.6 Å². The number of anilines is 1. The Labute approximate surface area is 234 Å². The van der Waals surface area contributed by atoms with Crippen molar-refractivity contribution in [3.8, 4) is 11.4 Å². The van der Waals surface area contributed by atoms with Crippen molar-refractivity contribution in [1.82, 2.24) is 29.6 Å². The molecule has 2 aromatic heterocycles. The average Bonchev–Trinajstić information content (AvgIpc) is 3.68. The smallest absolute Gasteiger partial charge is 0.298 e. The number of carbonyl (C=O) groups excluding carboxylic acids is 1. The number of hydrogen-bond donors (Lipinski definition) is 1. The number of aromatic nitrogens is 5. The Morgan fingerprint density at radius 1 is 0.976 bits per heavy atom. The van der Waals surface area contributed by atoms with Gasteiger partial charge in [-0.05, 0) is 28.8 Å². The first-order valence-electron chi connectivity index (χ1n) is 13.1. The molecular weight excluding hydrogens is 525 g/mol. The number of amides is 1. The van der Waals surface area contributed by atoms with Crippen molar-refractivity contribution in [3.63, 3.8) is 0 Å². The Hall–Kier alpha value is -5.32. The molecule has 206 valence electrons. The molecule has 3 heterocycles. The van der Waals surface area contributed by atoms with Crippen LogP contribution in [0.2, 0.25) is 0 Å². The van der Waals surface area contributed by atoms with Crippen LogP contribution < -0.4 is 20.5 Å². The highest BCUT2D eigenvalue weighted by Gasteiger charge is 2.29. The number of nitrogens with zero attached hydrogens (tertiary/aromatic N) is 6. The minimum Gasteiger partial charge on any atom is -0.481 e. The van der Waals surface area contributed by atoms with Gasteiger partial charge in [0, 0.05) is 26.2 Å². The Balaban J connectivity index is 1.32. The van der Waals surface area contributed by atoms with E-state index in [-0.39, 0.29) is 24.6 Å². The summed E-state index contributed by atoms with van der Waals surface area (Å²) < 4.78 is 22.9. The summed E-state index contributed by atoms with van der Waals surface area (Å²) in [5.41, 5.74) is 2.40. The fourth-order valence-corrected chi connectivity index (χ4v) is 4.75. The van der Waals surface area contributed by atoms with Crippen LogP contribution in [0.3, 0.4) is 0 Å². The van der Waals surface area contributed by atoms with Crippen LogP contribution in [-0.4, -0.2) is 36.8 Å². The molecule has 0 bridgehead atoms. The van der Waals surface area contributed by atoms with Gasteiger partial charge in [-0.25, -0.2) is 19.0 Å². The second-order valence-electron chi connectivity index (χ2n) is 9.52. The molecule has 3 aromatic carbocycles. The first-order chi connectivity index (χ1) is 20.1. The average molecular weight is 552 g/mol. The fraction of sp³-hybridized carbons (Fsp3) is 0.167. The van der Waals surface area contributed by atoms with Crippen molar-refractivity contribution in [2.75, 3.05) is 11.4 Å². The molecule has 41 heavy (non-hydrogen) atoms. The van der Waals surface area contributed by atoms with Crippen LogP contribution in [0.15, 0.2) is 96.3 Å². The molecule has 0 radical (unpaired) electrons. The summed E-state index contributed by atoms with van der Waals surface area (Å²) in [5.74, 6) is -0.753. The van der Waals surface area contributed by atoms with Crippen molar-refractivity contribution in [3.05, 3.63) is 130 Å². The molecule has 1 aliphatic heterocycles. The Morgan fingerprint density at radius 2 is 1.73 bits per heavy atom. The van der Waals surface area contributed by atoms with Gasteiger partial charge in [-0.3, -0.25) is 14.2 Å². The van der Waals surface area contributed by atoms with Crippen LogP contribution in [0.1, 0.15) is 27.2 Å². The first-order valence-corrected chi connectivity index (χ1v) is 13.1. The number of nitrogens with one attached hydrogen (secondary N) is 1. The molecule has 0 atom stereocenters. The van der Waals surface area contributed by atoms with E-state index in [0.29, 0.717) is 36.8 Å². The molecule has 0 fully saturated rings. The molecule has 11 heteroatoms. The molecule has 1 N–H and O–H groups in total. The fourth-order valence-electron chi connectivity index (χ4n) is 4.75. The minimum atomic E-state index is -0.589. The molecule has 5 aromatic rings. The van der Waals surface area contributed by atoms with Gasteiger partial charge in [-0.15, -0.1) is 0 Å². The molecule has 6 rings (SSSR count). The quantitative estimate of drug-likeness (QED) is 0.299. The van der Waals surface area contributed by atoms with E-state index in [4.69, 9.17) is 4.74 Å². The van der Waals surface area contributed by atoms with Gasteiger partial charge in [0.05, 0.1) is 5.69 Å². The van der Waals surface area contributed by atoms with Crippen molar-refractivity contribution < 1.29 is 13.9 Å². The van der Waals surface area contributed by atoms with Gasteiger partial charge in [-0.1, -0.05) is 66.7 Å². The predicted molar refractivity (Wildman–Crippen MR) is 149 cm³/mol. The number of halogens is 1. The van der Waals surface area contributed by atoms with E-state index in [2.05, 4.69) is 20.4 Å². The van der Waals surface area contributed by atoms with Crippen LogP contribution in [0.25, 0.3) is 5.69 Å². The Bertz CT molecular complexity index is 1730. The molecule has 0 saturated heterocycles. The summed E-state index contributed by atoms with van der Waals surface area (Å²) in [4.78, 5) is 37.8. The van der Waals surface area contributed by atoms with E-state index in [9.17, 15) is 14.0 Å². The predicted octanol–water partition coefficient (Wildman–Crippen LogP) is 3.49. The van der Waals surface area contributed by atoms with Crippen molar-refractivity contribution in [1.29, 1.82) is 0 Å². The summed E-state index contributed by atoms with van der Waals surface area (Å²) in [6.07, 6.45) is 2.78. The second kappa shape index (κ2) is 11.4. The summed E-state index contributed by atoms with van der Waals surface area (Å²) in [6.45, 7) is 1.65. The first kappa shape index (κ1) is 25.9. The van der Waals surface area contributed by atoms with Crippen LogP contribution in [0.4, 0.5) is 10.3 Å². The third kappa shape index (κ3) is 5.55. The van der Waals surface area contributed by atoms with Gasteiger partial charge in [0.15, 0.2) is 5.69 Å². The number of carbonyl (C=O) groups is 1. The standard InChI is InChI=1S/C30H26FN7O3/c31-24-12-11-23(25(15-24)38-20-32-19-34-38)16-33-28(39)26-27(41-18-22-9-5-2-6-10-22)29(40)37-14-13-36(30(37)35-26)17-21-7-3-1-4-8-21/h1-12,15,19-20H,13-14,16-18H2,(H,33,39). The zero-order chi connectivity index (χ0) is 28.2. The van der Waals surface area contributed by atoms with Crippen LogP contribution in [0, 0.1) is 5.82 Å². The second-order valence-corrected chi connectivity index (χ2v) is 9.52. The van der Waals surface area contributed by atoms with E-state index in [1.165, 1.54) is 29.5 Å². The highest BCUT2D eigenvalue weighted by atomic mass is 19.1. The summed E-state index contributed by atoms with van der Waals surface area (Å²) in [7, 11) is 0. The molecule has 1 aliphatic rings. The maximum absolute atomic E-state index is 14.0. The van der Waals surface area contributed by atoms with Gasteiger partial charge in [0.25, 0.3) is 11.5 Å². The third-order valence-corrected chi connectivity index (χ3v) is 6.79.